The Balaban J connectivity index is 0.00000244. The van der Waals surface area contributed by atoms with Crippen molar-refractivity contribution in [2.45, 2.75) is 379 Å². The number of aliphatic hydroxyl groups is 2. The zero-order valence-corrected chi connectivity index (χ0v) is 72.4. The van der Waals surface area contributed by atoms with Crippen LogP contribution in [0.1, 0.15) is 390 Å². The summed E-state index contributed by atoms with van der Waals surface area (Å²) in [6, 6.07) is 20.1. The summed E-state index contributed by atoms with van der Waals surface area (Å²) in [7, 11) is -5.22. The molecule has 4 unspecified atom stereocenters. The summed E-state index contributed by atoms with van der Waals surface area (Å²) in [5.41, 5.74) is 11.1. The van der Waals surface area contributed by atoms with Gasteiger partial charge in [-0.3, -0.25) is 0 Å². The van der Waals surface area contributed by atoms with Gasteiger partial charge in [0.1, 0.15) is 24.4 Å². The fourth-order valence-electron chi connectivity index (χ4n) is 14.5. The summed E-state index contributed by atoms with van der Waals surface area (Å²) in [6.45, 7) is 93.4. The monoisotopic (exact) mass is 1430 g/mol. The van der Waals surface area contributed by atoms with Crippen molar-refractivity contribution in [3.05, 3.63) is 138 Å². The topological polar surface area (TPSA) is 168 Å². The molecule has 4 aromatic carbocycles. The predicted octanol–water partition coefficient (Wildman–Crippen LogP) is 22.7. The molecule has 2 aliphatic heterocycles. The highest BCUT2D eigenvalue weighted by Crippen LogP contribution is 2.74. The minimum Gasteiger partial charge on any atom is -0.396 e. The van der Waals surface area contributed by atoms with Crippen molar-refractivity contribution in [2.24, 2.45) is 16.2 Å². The largest absolute Gasteiger partial charge is 0.396 e. The second kappa shape index (κ2) is 28.8. The van der Waals surface area contributed by atoms with E-state index in [9.17, 15) is 10.2 Å². The molecule has 13 heteroatoms. The summed E-state index contributed by atoms with van der Waals surface area (Å²) in [5, 5.41) is 24.4. The van der Waals surface area contributed by atoms with Crippen LogP contribution in [0.3, 0.4) is 0 Å². The van der Waals surface area contributed by atoms with Gasteiger partial charge in [-0.25, -0.2) is 4.31 Å². The van der Waals surface area contributed by atoms with Gasteiger partial charge in [0.25, 0.3) is 0 Å². The molecule has 0 aliphatic carbocycles. The average molecular weight is 1430 g/mol. The highest BCUT2D eigenvalue weighted by atomic mass is 31.2. The van der Waals surface area contributed by atoms with Crippen molar-refractivity contribution in [2.75, 3.05) is 13.2 Å². The van der Waals surface area contributed by atoms with Crippen molar-refractivity contribution in [3.63, 3.8) is 0 Å². The summed E-state index contributed by atoms with van der Waals surface area (Å²) < 4.78 is 38.5. The molecule has 100 heavy (non-hydrogen) atoms. The molecule has 2 heterocycles. The molecular weight excluding hydrogens is 1280 g/mol. The lowest BCUT2D eigenvalue weighted by molar-refractivity contribution is -0.432. The molecule has 2 aliphatic rings. The molecular formula is C87H144O11P2. The number of rotatable bonds is 10. The van der Waals surface area contributed by atoms with Crippen molar-refractivity contribution >= 4 is 17.2 Å². The van der Waals surface area contributed by atoms with Crippen molar-refractivity contribution in [1.29, 1.82) is 0 Å². The number of ether oxygens (including phenoxy) is 4. The Morgan fingerprint density at radius 2 is 0.410 bits per heavy atom. The molecule has 0 saturated carbocycles. The van der Waals surface area contributed by atoms with Gasteiger partial charge in [-0.05, 0) is 154 Å². The molecule has 1 spiro atoms. The van der Waals surface area contributed by atoms with Gasteiger partial charge in [-0.1, -0.05) is 325 Å². The van der Waals surface area contributed by atoms with Crippen LogP contribution < -0.4 is 0 Å². The van der Waals surface area contributed by atoms with E-state index in [1.165, 1.54) is 66.8 Å². The minimum atomic E-state index is -2.61. The van der Waals surface area contributed by atoms with E-state index in [-0.39, 0.29) is 34.9 Å². The Labute approximate surface area is 612 Å². The first-order valence-electron chi connectivity index (χ1n) is 36.9. The standard InChI is InChI=1S/C87H140O6.H4O5P2/c1-73(2,3)51-41-55(77(13,14)15)63(56(42-51)78(16,17)18)67-87(68(91-71(90-67)85(37,38)49-88)64-57(79(19,20)21)43-52(74(4,5)6)44-58(64)80(22,23)24)69(65-59(81(25,26)27)45-53(75(7,8)9)46-60(65)82(28,29)30)92-72(86(39,40)50-89)93-70(87)66-61(83(31,32)33)47-54(76(10,11)12)48-62(66)84(34,35)36;1-6(2)5-7(3)4/h41-48,67-72,88-89H,49-50H2,1-40H3;1-4H. The highest BCUT2D eigenvalue weighted by Gasteiger charge is 2.71. The second-order valence-corrected chi connectivity index (χ2v) is 45.2. The van der Waals surface area contributed by atoms with E-state index in [4.69, 9.17) is 38.5 Å². The number of benzene rings is 4. The maximum absolute atomic E-state index is 12.2. The van der Waals surface area contributed by atoms with Crippen molar-refractivity contribution in [3.8, 4) is 0 Å². The number of hydrogen-bond donors (Lipinski definition) is 6. The van der Waals surface area contributed by atoms with E-state index in [2.05, 4.69) is 330 Å². The number of hydrogen-bond acceptors (Lipinski definition) is 11. The third kappa shape index (κ3) is 19.0. The van der Waals surface area contributed by atoms with E-state index >= 15 is 0 Å². The summed E-state index contributed by atoms with van der Waals surface area (Å²) >= 11 is 0. The normalized spacial score (nSPS) is 21.9. The molecule has 568 valence electrons. The summed E-state index contributed by atoms with van der Waals surface area (Å²) in [6.07, 6.45) is -5.53. The van der Waals surface area contributed by atoms with Crippen LogP contribution in [0.4, 0.5) is 0 Å². The molecule has 4 atom stereocenters. The van der Waals surface area contributed by atoms with Crippen LogP contribution in [0.15, 0.2) is 48.5 Å². The maximum Gasteiger partial charge on any atom is 0.334 e. The van der Waals surface area contributed by atoms with Gasteiger partial charge in [0, 0.05) is 10.8 Å². The van der Waals surface area contributed by atoms with Gasteiger partial charge in [0.15, 0.2) is 12.6 Å². The van der Waals surface area contributed by atoms with E-state index in [1.54, 1.807) is 0 Å². The molecule has 6 rings (SSSR count). The Morgan fingerprint density at radius 1 is 0.270 bits per heavy atom. The van der Waals surface area contributed by atoms with Crippen LogP contribution in [0.25, 0.3) is 0 Å². The van der Waals surface area contributed by atoms with E-state index in [0.29, 0.717) is 0 Å². The molecule has 0 aromatic heterocycles. The van der Waals surface area contributed by atoms with E-state index in [1.807, 2.05) is 0 Å². The van der Waals surface area contributed by atoms with Crippen molar-refractivity contribution in [1.82, 2.24) is 0 Å². The van der Waals surface area contributed by atoms with Gasteiger partial charge < -0.3 is 48.7 Å². The van der Waals surface area contributed by atoms with Gasteiger partial charge >= 0.3 is 17.2 Å². The molecule has 0 bridgehead atoms. The van der Waals surface area contributed by atoms with E-state index in [0.717, 1.165) is 22.3 Å². The SMILES string of the molecule is CC(C)(C)c1cc(C(C)(C)C)c(C2OC(C(C)(C)CO)OC(c3c(C(C)(C)C)cc(C(C)(C)C)cc3C(C)(C)C)C23C(c2c(C(C)(C)C)cc(C(C)(C)C)cc2C(C)(C)C)OC(C(C)(C)CO)OC3c2c(C(C)(C)C)cc(C(C)(C)C)cc2C(C)(C)C)c(C(C)(C)C)c1.OP(O)OP(O)O. The lowest BCUT2D eigenvalue weighted by atomic mass is 9.53. The summed E-state index contributed by atoms with van der Waals surface area (Å²) in [4.78, 5) is 31.3. The Morgan fingerprint density at radius 3 is 0.500 bits per heavy atom. The van der Waals surface area contributed by atoms with Crippen molar-refractivity contribution < 1.29 is 53.0 Å². The van der Waals surface area contributed by atoms with Gasteiger partial charge in [0.2, 0.25) is 0 Å². The lowest BCUT2D eigenvalue weighted by Crippen LogP contribution is -2.62. The first-order valence-corrected chi connectivity index (χ1v) is 39.2. The predicted molar refractivity (Wildman–Crippen MR) is 421 cm³/mol. The lowest BCUT2D eigenvalue weighted by Gasteiger charge is -2.65. The van der Waals surface area contributed by atoms with Crippen LogP contribution >= 0.6 is 17.2 Å². The quantitative estimate of drug-likeness (QED) is 0.0837. The third-order valence-corrected chi connectivity index (χ3v) is 22.0. The zero-order valence-electron chi connectivity index (χ0n) is 70.6. The molecule has 0 amide bonds. The summed E-state index contributed by atoms with van der Waals surface area (Å²) in [5.74, 6) is 0. The first-order chi connectivity index (χ1) is 44.2. The van der Waals surface area contributed by atoms with E-state index < -0.39 is 114 Å². The zero-order chi connectivity index (χ0) is 78.0. The Hall–Kier alpha value is -2.70. The van der Waals surface area contributed by atoms with Gasteiger partial charge in [-0.2, -0.15) is 0 Å². The van der Waals surface area contributed by atoms with Crippen LogP contribution in [0.2, 0.25) is 0 Å². The van der Waals surface area contributed by atoms with Crippen LogP contribution in [0.5, 0.6) is 0 Å². The molecule has 2 saturated heterocycles. The fourth-order valence-corrected chi connectivity index (χ4v) is 15.0. The minimum absolute atomic E-state index is 0.202. The molecule has 11 nitrogen and oxygen atoms in total. The fraction of sp³-hybridized carbons (Fsp3) is 0.724. The second-order valence-electron chi connectivity index (χ2n) is 43.5. The Bertz CT molecular complexity index is 2920. The number of aliphatic hydroxyl groups excluding tert-OH is 2. The molecule has 6 N–H and O–H groups in total. The smallest absolute Gasteiger partial charge is 0.334 e. The van der Waals surface area contributed by atoms with Crippen LogP contribution in [0, 0.1) is 16.2 Å². The highest BCUT2D eigenvalue weighted by molar-refractivity contribution is 7.53. The Kier molecular flexibility index (Phi) is 25.3. The average Bonchev–Trinajstić information content (AvgIpc) is 0.669. The van der Waals surface area contributed by atoms with Gasteiger partial charge in [0.05, 0.1) is 18.6 Å². The molecule has 0 radical (unpaired) electrons. The third-order valence-electron chi connectivity index (χ3n) is 20.8. The van der Waals surface area contributed by atoms with Gasteiger partial charge in [-0.15, -0.1) is 0 Å². The van der Waals surface area contributed by atoms with Crippen LogP contribution in [-0.2, 0) is 88.2 Å². The first kappa shape index (κ1) is 87.9. The molecule has 2 fully saturated rings. The van der Waals surface area contributed by atoms with Crippen LogP contribution in [-0.4, -0.2) is 55.6 Å². The maximum atomic E-state index is 12.2. The molecule has 4 aromatic rings.